The molecular weight excluding hydrogens is 857 g/mol. The van der Waals surface area contributed by atoms with Crippen LogP contribution in [-0.4, -0.2) is 86.8 Å². The molecule has 30 heteroatoms. The number of hydrogen-bond donors (Lipinski definition) is 5. The molecule has 0 atom stereocenters. The van der Waals surface area contributed by atoms with Gasteiger partial charge in [0.2, 0.25) is 20.0 Å². The lowest BCUT2D eigenvalue weighted by molar-refractivity contribution is -0.138. The number of imidazole rings is 2. The van der Waals surface area contributed by atoms with Crippen LogP contribution in [0.4, 0.5) is 26.3 Å². The summed E-state index contributed by atoms with van der Waals surface area (Å²) in [5, 5.41) is -0.861. The van der Waals surface area contributed by atoms with Crippen LogP contribution in [0.5, 0.6) is 0 Å². The summed E-state index contributed by atoms with van der Waals surface area (Å²) in [5.41, 5.74) is -5.17. The van der Waals surface area contributed by atoms with Crippen LogP contribution in [0.3, 0.4) is 0 Å². The molecule has 2 aromatic carbocycles. The number of H-pyrrole nitrogens is 2. The van der Waals surface area contributed by atoms with Crippen molar-refractivity contribution in [3.8, 4) is 11.4 Å². The van der Waals surface area contributed by atoms with Crippen LogP contribution in [0.1, 0.15) is 32.1 Å². The van der Waals surface area contributed by atoms with Crippen molar-refractivity contribution in [2.45, 2.75) is 12.4 Å². The molecule has 314 valence electrons. The number of nitrogens with zero attached hydrogens (tertiary/aromatic N) is 6. The molecule has 1 amide bonds. The summed E-state index contributed by atoms with van der Waals surface area (Å²) >= 11 is 0. The van der Waals surface area contributed by atoms with Gasteiger partial charge >= 0.3 is 29.7 Å². The summed E-state index contributed by atoms with van der Waals surface area (Å²) in [5.74, 6) is -1.88. The minimum atomic E-state index is -4.91. The fraction of sp³-hybridized carbons (Fsp3) is 0.172. The molecule has 0 saturated heterocycles. The highest BCUT2D eigenvalue weighted by Crippen LogP contribution is 2.37. The van der Waals surface area contributed by atoms with Crippen LogP contribution in [0.25, 0.3) is 33.2 Å². The maximum absolute atomic E-state index is 13.6. The number of aromatic amines is 2. The zero-order chi connectivity index (χ0) is 44.2. The molecule has 0 unspecified atom stereocenters. The molecule has 22 nitrogen and oxygen atoms in total. The van der Waals surface area contributed by atoms with Crippen molar-refractivity contribution in [2.24, 2.45) is 5.73 Å². The predicted molar refractivity (Wildman–Crippen MR) is 190 cm³/mol. The zero-order valence-corrected chi connectivity index (χ0v) is 31.1. The molecule has 4 aromatic heterocycles. The number of carbonyl (C=O) groups excluding carboxylic acids is 2. The lowest BCUT2D eigenvalue weighted by Gasteiger charge is -2.15. The minimum Gasteiger partial charge on any atom is -0.464 e. The molecule has 0 bridgehead atoms. The number of esters is 1. The van der Waals surface area contributed by atoms with Gasteiger partial charge in [0, 0.05) is 12.4 Å². The quantitative estimate of drug-likeness (QED) is 0.0969. The number of halogens is 6. The van der Waals surface area contributed by atoms with Crippen LogP contribution in [-0.2, 0) is 37.1 Å². The third kappa shape index (κ3) is 9.16. The standard InChI is InChI=1S/C15H12F3N5O6S.C14H11F3N6O5S/c1-29-13(25)10-5-22(6-19-10)11-3-7-9(4-8(11)15(16,17)18)20-14(26)23(12(7)24)21-30(2,27)28;1-29(27,28)21-23-12(25)6-2-10(22-4-9(11(18)24)19-5-22)7(14(15,16)17)3-8(6)20-13(23)26/h3-6,21H,1-2H3,(H,20,26);2-5,21H,1H3,(H2,18,24)(H,20,26). The maximum Gasteiger partial charge on any atom is 0.418 e. The molecule has 4 heterocycles. The van der Waals surface area contributed by atoms with Crippen molar-refractivity contribution in [3.63, 3.8) is 0 Å². The van der Waals surface area contributed by atoms with Crippen molar-refractivity contribution in [1.82, 2.24) is 38.4 Å². The molecule has 6 N–H and O–H groups in total. The number of methoxy groups -OCH3 is 1. The number of sulfonamides is 2. The number of primary amides is 1. The minimum absolute atomic E-state index is 0.109. The average molecular weight is 880 g/mol. The Hall–Kier alpha value is -7.24. The third-order valence-corrected chi connectivity index (χ3v) is 8.55. The lowest BCUT2D eigenvalue weighted by atomic mass is 10.1. The van der Waals surface area contributed by atoms with E-state index < -0.39 is 111 Å². The Morgan fingerprint density at radius 3 is 1.39 bits per heavy atom. The monoisotopic (exact) mass is 879 g/mol. The summed E-state index contributed by atoms with van der Waals surface area (Å²) in [6.45, 7) is 0. The fourth-order valence-electron chi connectivity index (χ4n) is 5.13. The van der Waals surface area contributed by atoms with Gasteiger partial charge in [0.15, 0.2) is 5.69 Å². The molecule has 0 aliphatic rings. The zero-order valence-electron chi connectivity index (χ0n) is 29.5. The second-order valence-corrected chi connectivity index (χ2v) is 15.3. The summed E-state index contributed by atoms with van der Waals surface area (Å²) in [4.78, 5) is 86.4. The Morgan fingerprint density at radius 1 is 0.695 bits per heavy atom. The van der Waals surface area contributed by atoms with Crippen LogP contribution in [0, 0.1) is 0 Å². The number of carbonyl (C=O) groups is 2. The number of rotatable bonds is 8. The first-order chi connectivity index (χ1) is 27.1. The Morgan fingerprint density at radius 2 is 1.07 bits per heavy atom. The molecule has 0 spiro atoms. The number of amides is 1. The molecular formula is C29H23F6N11O11S2. The van der Waals surface area contributed by atoms with Gasteiger partial charge in [-0.2, -0.15) is 35.7 Å². The van der Waals surface area contributed by atoms with Crippen molar-refractivity contribution in [3.05, 3.63) is 114 Å². The smallest absolute Gasteiger partial charge is 0.418 e. The number of nitrogens with one attached hydrogen (secondary N) is 4. The molecule has 59 heavy (non-hydrogen) atoms. The number of benzene rings is 2. The highest BCUT2D eigenvalue weighted by Gasteiger charge is 2.36. The Kier molecular flexibility index (Phi) is 10.9. The van der Waals surface area contributed by atoms with Crippen LogP contribution in [0.2, 0.25) is 0 Å². The van der Waals surface area contributed by atoms with Crippen molar-refractivity contribution >= 4 is 53.7 Å². The molecule has 0 aliphatic carbocycles. The lowest BCUT2D eigenvalue weighted by Crippen LogP contribution is -2.43. The van der Waals surface area contributed by atoms with E-state index in [1.54, 1.807) is 9.66 Å². The predicted octanol–water partition coefficient (Wildman–Crippen LogP) is -0.320. The Labute approximate surface area is 321 Å². The topological polar surface area (TPSA) is 307 Å². The highest BCUT2D eigenvalue weighted by atomic mass is 32.2. The van der Waals surface area contributed by atoms with E-state index in [4.69, 9.17) is 5.73 Å². The Bertz CT molecular complexity index is 3180. The summed E-state index contributed by atoms with van der Waals surface area (Å²) in [6.07, 6.45) is -4.78. The van der Waals surface area contributed by atoms with Crippen molar-refractivity contribution in [2.75, 3.05) is 29.3 Å². The summed E-state index contributed by atoms with van der Waals surface area (Å²) < 4.78 is 133. The van der Waals surface area contributed by atoms with Crippen LogP contribution < -0.4 is 37.9 Å². The maximum atomic E-state index is 13.6. The van der Waals surface area contributed by atoms with E-state index in [0.29, 0.717) is 24.6 Å². The molecule has 6 aromatic rings. The van der Waals surface area contributed by atoms with Crippen LogP contribution >= 0.6 is 0 Å². The Balaban J connectivity index is 0.000000224. The van der Waals surface area contributed by atoms with Crippen molar-refractivity contribution in [1.29, 1.82) is 0 Å². The SMILES string of the molecule is COC(=O)c1cn(-c2cc3c(=O)n(NS(C)(=O)=O)c(=O)[nH]c3cc2C(F)(F)F)cn1.CS(=O)(=O)Nn1c(=O)[nH]c2cc(C(F)(F)F)c(-n3cnc(C(N)=O)c3)cc2c1=O. The van der Waals surface area contributed by atoms with E-state index in [0.717, 1.165) is 53.4 Å². The molecule has 6 rings (SSSR count). The van der Waals surface area contributed by atoms with Gasteiger partial charge in [-0.25, -0.2) is 50.8 Å². The second-order valence-electron chi connectivity index (χ2n) is 11.9. The first-order valence-corrected chi connectivity index (χ1v) is 19.1. The van der Waals surface area contributed by atoms with E-state index in [2.05, 4.69) is 14.7 Å². The molecule has 0 radical (unpaired) electrons. The van der Waals surface area contributed by atoms with Gasteiger partial charge in [0.1, 0.15) is 18.3 Å². The van der Waals surface area contributed by atoms with Gasteiger partial charge in [-0.15, -0.1) is 0 Å². The first-order valence-electron chi connectivity index (χ1n) is 15.3. The number of aromatic nitrogens is 8. The van der Waals surface area contributed by atoms with Crippen molar-refractivity contribution < 1.29 is 57.5 Å². The van der Waals surface area contributed by atoms with E-state index in [1.165, 1.54) is 0 Å². The van der Waals surface area contributed by atoms with E-state index in [9.17, 15) is 71.9 Å². The third-order valence-electron chi connectivity index (χ3n) is 7.52. The average Bonchev–Trinajstić information content (AvgIpc) is 3.81. The van der Waals surface area contributed by atoms with Gasteiger partial charge in [0.25, 0.3) is 17.0 Å². The number of alkyl halides is 6. The largest absolute Gasteiger partial charge is 0.464 e. The normalized spacial score (nSPS) is 12.2. The molecule has 0 saturated carbocycles. The van der Waals surface area contributed by atoms with Gasteiger partial charge in [-0.1, -0.05) is 0 Å². The van der Waals surface area contributed by atoms with E-state index in [-0.39, 0.29) is 20.7 Å². The van der Waals surface area contributed by atoms with Gasteiger partial charge in [-0.3, -0.25) is 14.4 Å². The number of ether oxygens (including phenoxy) is 1. The summed E-state index contributed by atoms with van der Waals surface area (Å²) in [6, 6.07) is 2.61. The second kappa shape index (κ2) is 14.9. The van der Waals surface area contributed by atoms with Gasteiger partial charge in [-0.05, 0) is 24.3 Å². The number of hydrogen-bond acceptors (Lipinski definition) is 13. The van der Waals surface area contributed by atoms with E-state index in [1.807, 2.05) is 9.97 Å². The number of nitrogens with two attached hydrogens (primary N) is 1. The summed E-state index contributed by atoms with van der Waals surface area (Å²) in [7, 11) is -7.03. The van der Waals surface area contributed by atoms with Gasteiger partial charge < -0.3 is 29.6 Å². The molecule has 0 fully saturated rings. The van der Waals surface area contributed by atoms with Crippen LogP contribution in [0.15, 0.2) is 68.5 Å². The number of fused-ring (bicyclic) bond motifs is 2. The fourth-order valence-corrected chi connectivity index (χ4v) is 6.12. The molecule has 0 aliphatic heterocycles. The van der Waals surface area contributed by atoms with Gasteiger partial charge in [0.05, 0.1) is 63.9 Å². The highest BCUT2D eigenvalue weighted by molar-refractivity contribution is 7.91. The first kappa shape index (κ1) is 42.9. The van der Waals surface area contributed by atoms with E-state index >= 15 is 0 Å².